The molecule has 3 aromatic rings. The topological polar surface area (TPSA) is 45.9 Å². The quantitative estimate of drug-likeness (QED) is 0.493. The van der Waals surface area contributed by atoms with Gasteiger partial charge in [-0.25, -0.2) is 0 Å². The van der Waals surface area contributed by atoms with Gasteiger partial charge in [-0.1, -0.05) is 42.5 Å². The molecule has 178 valence electrons. The van der Waals surface area contributed by atoms with Gasteiger partial charge in [0.05, 0.1) is 18.4 Å². The molecule has 5 heteroatoms. The van der Waals surface area contributed by atoms with Crippen molar-refractivity contribution in [3.8, 4) is 5.75 Å². The number of furan rings is 1. The zero-order chi connectivity index (χ0) is 23.5. The fourth-order valence-electron chi connectivity index (χ4n) is 5.52. The predicted molar refractivity (Wildman–Crippen MR) is 133 cm³/mol. The van der Waals surface area contributed by atoms with E-state index in [0.29, 0.717) is 17.2 Å². The second-order valence-electron chi connectivity index (χ2n) is 9.72. The lowest BCUT2D eigenvalue weighted by Crippen LogP contribution is -2.47. The van der Waals surface area contributed by atoms with Gasteiger partial charge in [0.1, 0.15) is 11.5 Å². The molecule has 34 heavy (non-hydrogen) atoms. The minimum absolute atomic E-state index is 0.0509. The number of benzene rings is 2. The Morgan fingerprint density at radius 3 is 2.62 bits per heavy atom. The molecule has 0 unspecified atom stereocenters. The van der Waals surface area contributed by atoms with Crippen LogP contribution in [0.3, 0.4) is 0 Å². The fourth-order valence-corrected chi connectivity index (χ4v) is 5.52. The average Bonchev–Trinajstić information content (AvgIpc) is 3.51. The molecule has 5 rings (SSSR count). The van der Waals surface area contributed by atoms with Gasteiger partial charge in [0.25, 0.3) is 5.91 Å². The van der Waals surface area contributed by atoms with Crippen LogP contribution < -0.4 is 4.74 Å². The summed E-state index contributed by atoms with van der Waals surface area (Å²) in [5.41, 5.74) is 4.65. The van der Waals surface area contributed by atoms with Crippen LogP contribution in [0.1, 0.15) is 45.7 Å². The molecule has 1 amide bonds. The van der Waals surface area contributed by atoms with Crippen LogP contribution in [0.25, 0.3) is 0 Å². The van der Waals surface area contributed by atoms with Gasteiger partial charge >= 0.3 is 0 Å². The molecule has 0 N–H and O–H groups in total. The summed E-state index contributed by atoms with van der Waals surface area (Å²) >= 11 is 0. The normalized spacial score (nSPS) is 17.2. The molecular weight excluding hydrogens is 424 g/mol. The van der Waals surface area contributed by atoms with Crippen molar-refractivity contribution in [2.75, 3.05) is 26.7 Å². The molecule has 0 saturated carbocycles. The van der Waals surface area contributed by atoms with Crippen LogP contribution in [0, 0.1) is 12.8 Å². The van der Waals surface area contributed by atoms with Crippen LogP contribution in [0.2, 0.25) is 0 Å². The molecule has 5 nitrogen and oxygen atoms in total. The number of likely N-dealkylation sites (N-methyl/N-ethyl adjacent to an activating group) is 1. The summed E-state index contributed by atoms with van der Waals surface area (Å²) in [7, 11) is 1.96. The third-order valence-electron chi connectivity index (χ3n) is 7.53. The number of nitrogens with zero attached hydrogens (tertiary/aromatic N) is 2. The summed E-state index contributed by atoms with van der Waals surface area (Å²) in [5.74, 6) is 2.25. The first kappa shape index (κ1) is 22.7. The number of likely N-dealkylation sites (tertiary alicyclic amines) is 1. The van der Waals surface area contributed by atoms with Gasteiger partial charge in [-0.15, -0.1) is 0 Å². The number of hydrogen-bond acceptors (Lipinski definition) is 4. The van der Waals surface area contributed by atoms with Crippen LogP contribution in [0.4, 0.5) is 0 Å². The van der Waals surface area contributed by atoms with E-state index in [0.717, 1.165) is 57.7 Å². The third kappa shape index (κ3) is 4.90. The number of carbonyl (C=O) groups is 1. The molecule has 0 bridgehead atoms. The highest BCUT2D eigenvalue weighted by Crippen LogP contribution is 2.30. The van der Waals surface area contributed by atoms with Crippen molar-refractivity contribution in [1.29, 1.82) is 0 Å². The smallest absolute Gasteiger partial charge is 0.257 e. The van der Waals surface area contributed by atoms with Crippen molar-refractivity contribution in [3.05, 3.63) is 88.9 Å². The molecule has 1 saturated heterocycles. The highest BCUT2D eigenvalue weighted by Gasteiger charge is 2.32. The van der Waals surface area contributed by atoms with Crippen molar-refractivity contribution in [3.63, 3.8) is 0 Å². The van der Waals surface area contributed by atoms with Crippen LogP contribution in [-0.4, -0.2) is 48.5 Å². The molecule has 2 aromatic carbocycles. The number of piperidine rings is 1. The number of hydrogen-bond donors (Lipinski definition) is 0. The van der Waals surface area contributed by atoms with Gasteiger partial charge < -0.3 is 14.1 Å². The van der Waals surface area contributed by atoms with Gasteiger partial charge in [0, 0.05) is 26.1 Å². The molecule has 0 aliphatic carbocycles. The molecule has 0 radical (unpaired) electrons. The van der Waals surface area contributed by atoms with Gasteiger partial charge in [0.15, 0.2) is 0 Å². The molecule has 1 fully saturated rings. The first-order valence-electron chi connectivity index (χ1n) is 12.4. The van der Waals surface area contributed by atoms with E-state index in [9.17, 15) is 4.79 Å². The van der Waals surface area contributed by atoms with Crippen molar-refractivity contribution < 1.29 is 13.9 Å². The summed E-state index contributed by atoms with van der Waals surface area (Å²) in [6.45, 7) is 5.74. The van der Waals surface area contributed by atoms with E-state index < -0.39 is 0 Å². The van der Waals surface area contributed by atoms with Crippen molar-refractivity contribution >= 4 is 5.91 Å². The standard InChI is InChI=1S/C29H34N2O3/c1-21-26(13-17-33-21)29(32)30(2)27(19-22-6-4-3-5-7-22)24-10-14-31(15-11-24)20-23-8-9-28-25(18-23)12-16-34-28/h3-9,13,17-18,24,27H,10-12,14-16,19-20H2,1-2H3/t27-/m1/s1. The minimum Gasteiger partial charge on any atom is -0.493 e. The first-order chi connectivity index (χ1) is 16.6. The zero-order valence-corrected chi connectivity index (χ0v) is 20.2. The van der Waals surface area contributed by atoms with Crippen molar-refractivity contribution in [2.45, 2.75) is 45.2 Å². The van der Waals surface area contributed by atoms with Crippen LogP contribution in [0.15, 0.2) is 65.3 Å². The highest BCUT2D eigenvalue weighted by atomic mass is 16.5. The van der Waals surface area contributed by atoms with E-state index in [1.54, 1.807) is 12.3 Å². The van der Waals surface area contributed by atoms with Crippen LogP contribution >= 0.6 is 0 Å². The number of ether oxygens (including phenoxy) is 1. The molecule has 1 atom stereocenters. The van der Waals surface area contributed by atoms with Gasteiger partial charge in [-0.3, -0.25) is 9.69 Å². The maximum atomic E-state index is 13.3. The summed E-state index contributed by atoms with van der Waals surface area (Å²) in [5, 5.41) is 0. The Morgan fingerprint density at radius 1 is 1.09 bits per heavy atom. The monoisotopic (exact) mass is 458 g/mol. The number of fused-ring (bicyclic) bond motifs is 1. The van der Waals surface area contributed by atoms with Gasteiger partial charge in [0.2, 0.25) is 0 Å². The summed E-state index contributed by atoms with van der Waals surface area (Å²) in [6.07, 6.45) is 5.67. The van der Waals surface area contributed by atoms with Crippen molar-refractivity contribution in [2.24, 2.45) is 5.92 Å². The van der Waals surface area contributed by atoms with E-state index >= 15 is 0 Å². The number of amides is 1. The highest BCUT2D eigenvalue weighted by molar-refractivity contribution is 5.95. The van der Waals surface area contributed by atoms with Crippen LogP contribution in [0.5, 0.6) is 5.75 Å². The van der Waals surface area contributed by atoms with E-state index in [-0.39, 0.29) is 11.9 Å². The number of carbonyl (C=O) groups excluding carboxylic acids is 1. The Morgan fingerprint density at radius 2 is 1.88 bits per heavy atom. The van der Waals surface area contributed by atoms with E-state index in [4.69, 9.17) is 9.15 Å². The Bertz CT molecular complexity index is 1120. The lowest BCUT2D eigenvalue weighted by atomic mass is 9.84. The Kier molecular flexibility index (Phi) is 6.73. The summed E-state index contributed by atoms with van der Waals surface area (Å²) < 4.78 is 11.1. The molecule has 2 aliphatic heterocycles. The molecule has 2 aliphatic rings. The SMILES string of the molecule is Cc1occc1C(=O)N(C)[C@H](Cc1ccccc1)C1CCN(Cc2ccc3c(c2)CCO3)CC1. The maximum Gasteiger partial charge on any atom is 0.257 e. The van der Waals surface area contributed by atoms with Gasteiger partial charge in [-0.2, -0.15) is 0 Å². The maximum absolute atomic E-state index is 13.3. The number of aryl methyl sites for hydroxylation is 1. The average molecular weight is 459 g/mol. The third-order valence-corrected chi connectivity index (χ3v) is 7.53. The summed E-state index contributed by atoms with van der Waals surface area (Å²) in [4.78, 5) is 17.9. The lowest BCUT2D eigenvalue weighted by molar-refractivity contribution is 0.0583. The zero-order valence-electron chi connectivity index (χ0n) is 20.2. The van der Waals surface area contributed by atoms with Crippen molar-refractivity contribution in [1.82, 2.24) is 9.80 Å². The second kappa shape index (κ2) is 10.1. The van der Waals surface area contributed by atoms with E-state index in [1.807, 2.05) is 24.9 Å². The van der Waals surface area contributed by atoms with E-state index in [2.05, 4.69) is 47.4 Å². The summed E-state index contributed by atoms with van der Waals surface area (Å²) in [6, 6.07) is 19.1. The molecule has 3 heterocycles. The second-order valence-corrected chi connectivity index (χ2v) is 9.72. The molecular formula is C29H34N2O3. The lowest BCUT2D eigenvalue weighted by Gasteiger charge is -2.40. The Balaban J connectivity index is 1.27. The first-order valence-corrected chi connectivity index (χ1v) is 12.4. The minimum atomic E-state index is 0.0509. The van der Waals surface area contributed by atoms with Crippen LogP contribution in [-0.2, 0) is 19.4 Å². The number of rotatable bonds is 7. The molecule has 1 aromatic heterocycles. The largest absolute Gasteiger partial charge is 0.493 e. The van der Waals surface area contributed by atoms with E-state index in [1.165, 1.54) is 16.7 Å². The Labute approximate surface area is 202 Å². The van der Waals surface area contributed by atoms with Gasteiger partial charge in [-0.05, 0) is 74.0 Å². The predicted octanol–water partition coefficient (Wildman–Crippen LogP) is 5.12. The fraction of sp³-hybridized carbons (Fsp3) is 0.414. The molecule has 0 spiro atoms. The Hall–Kier alpha value is -3.05.